The molecule has 9 aromatic rings. The van der Waals surface area contributed by atoms with Gasteiger partial charge in [-0.05, 0) is 115 Å². The zero-order valence-electron chi connectivity index (χ0n) is 37.6. The van der Waals surface area contributed by atoms with Crippen LogP contribution in [0, 0.1) is 0 Å². The van der Waals surface area contributed by atoms with Gasteiger partial charge in [0.1, 0.15) is 0 Å². The van der Waals surface area contributed by atoms with E-state index in [0.717, 1.165) is 18.7 Å². The first-order valence-corrected chi connectivity index (χ1v) is 22.9. The van der Waals surface area contributed by atoms with Crippen molar-refractivity contribution in [2.45, 2.75) is 97.8 Å². The molecule has 0 bridgehead atoms. The third kappa shape index (κ3) is 5.81. The van der Waals surface area contributed by atoms with Crippen LogP contribution < -0.4 is 16.2 Å². The van der Waals surface area contributed by atoms with E-state index in [9.17, 15) is 0 Å². The van der Waals surface area contributed by atoms with E-state index >= 15 is 0 Å². The molecular formula is C57H55BN2S. The van der Waals surface area contributed by atoms with E-state index < -0.39 is 0 Å². The van der Waals surface area contributed by atoms with Gasteiger partial charge in [-0.25, -0.2) is 0 Å². The Kier molecular flexibility index (Phi) is 8.01. The first-order chi connectivity index (χ1) is 28.9. The van der Waals surface area contributed by atoms with Crippen LogP contribution >= 0.6 is 11.3 Å². The number of rotatable bonds is 3. The zero-order chi connectivity index (χ0) is 42.5. The van der Waals surface area contributed by atoms with Crippen LogP contribution in [0.15, 0.2) is 121 Å². The summed E-state index contributed by atoms with van der Waals surface area (Å²) >= 11 is 1.91. The molecule has 1 N–H and O–H groups in total. The van der Waals surface area contributed by atoms with Crippen molar-refractivity contribution in [1.29, 1.82) is 0 Å². The van der Waals surface area contributed by atoms with Gasteiger partial charge >= 0.3 is 0 Å². The smallest absolute Gasteiger partial charge is 0.198 e. The summed E-state index contributed by atoms with van der Waals surface area (Å²) in [4.78, 5) is 0. The maximum absolute atomic E-state index is 4.01. The topological polar surface area (TPSA) is 17.0 Å². The van der Waals surface area contributed by atoms with Crippen molar-refractivity contribution in [2.75, 3.05) is 5.32 Å². The molecule has 2 aliphatic rings. The van der Waals surface area contributed by atoms with Gasteiger partial charge in [-0.3, -0.25) is 0 Å². The molecule has 0 saturated carbocycles. The number of aromatic nitrogens is 1. The maximum atomic E-state index is 4.01. The van der Waals surface area contributed by atoms with E-state index in [1.165, 1.54) is 109 Å². The van der Waals surface area contributed by atoms with Gasteiger partial charge < -0.3 is 9.88 Å². The molecule has 0 unspecified atom stereocenters. The summed E-state index contributed by atoms with van der Waals surface area (Å²) in [5.74, 6) is 0. The predicted octanol–water partition coefficient (Wildman–Crippen LogP) is 14.5. The third-order valence-electron chi connectivity index (χ3n) is 14.1. The first kappa shape index (κ1) is 38.4. The Bertz CT molecular complexity index is 3320. The molecule has 0 fully saturated rings. The maximum Gasteiger partial charge on any atom is 0.198 e. The highest BCUT2D eigenvalue weighted by atomic mass is 32.1. The van der Waals surface area contributed by atoms with Gasteiger partial charge in [0, 0.05) is 64.5 Å². The van der Waals surface area contributed by atoms with Crippen LogP contribution in [-0.4, -0.2) is 11.8 Å². The van der Waals surface area contributed by atoms with Crippen LogP contribution in [0.5, 0.6) is 0 Å². The molecule has 2 aromatic heterocycles. The summed E-state index contributed by atoms with van der Waals surface area (Å²) in [5, 5.41) is 9.34. The van der Waals surface area contributed by atoms with E-state index in [0.29, 0.717) is 0 Å². The van der Waals surface area contributed by atoms with E-state index in [1.54, 1.807) is 0 Å². The Morgan fingerprint density at radius 3 is 1.92 bits per heavy atom. The third-order valence-corrected chi connectivity index (χ3v) is 15.2. The monoisotopic (exact) mass is 810 g/mol. The molecule has 1 aliphatic heterocycles. The standard InChI is InChI=1S/C57H55BN2S/c1-54(2,3)32-16-20-35(21-17-32)59-47-29-40-36-22-18-33(55(4,5)6)26-44(36)57(10,11)45(40)28-41(47)38-23-24-39-42-31-51-43(37-14-12-13-15-50(37)61-51)30-49(42)60-48-25-19-34(56(7,8)9)27-46(48)58-52(38)53(39)60/h12-31,58-59H,1-11H3. The van der Waals surface area contributed by atoms with E-state index in [1.807, 2.05) is 11.3 Å². The van der Waals surface area contributed by atoms with Crippen LogP contribution in [0.4, 0.5) is 11.4 Å². The lowest BCUT2D eigenvalue weighted by molar-refractivity contribution is 0.584. The average molecular weight is 811 g/mol. The Morgan fingerprint density at radius 1 is 0.525 bits per heavy atom. The fourth-order valence-electron chi connectivity index (χ4n) is 10.5. The Morgan fingerprint density at radius 2 is 1.18 bits per heavy atom. The Labute approximate surface area is 365 Å². The second-order valence-electron chi connectivity index (χ2n) is 21.6. The van der Waals surface area contributed by atoms with E-state index in [2.05, 4.69) is 207 Å². The predicted molar refractivity (Wildman–Crippen MR) is 269 cm³/mol. The molecule has 1 aliphatic carbocycles. The number of hydrogen-bond donors (Lipinski definition) is 1. The lowest BCUT2D eigenvalue weighted by atomic mass is 9.58. The minimum absolute atomic E-state index is 0.0394. The number of anilines is 2. The van der Waals surface area contributed by atoms with Crippen LogP contribution in [-0.2, 0) is 21.7 Å². The minimum Gasteiger partial charge on any atom is -0.355 e. The van der Waals surface area contributed by atoms with Gasteiger partial charge in [0.05, 0.1) is 5.52 Å². The summed E-state index contributed by atoms with van der Waals surface area (Å²) in [7, 11) is 0.870. The van der Waals surface area contributed by atoms with Crippen molar-refractivity contribution in [3.63, 3.8) is 0 Å². The molecule has 0 spiro atoms. The molecule has 0 radical (unpaired) electrons. The summed E-state index contributed by atoms with van der Waals surface area (Å²) in [5.41, 5.74) is 21.1. The molecule has 61 heavy (non-hydrogen) atoms. The van der Waals surface area contributed by atoms with Gasteiger partial charge in [-0.2, -0.15) is 0 Å². The highest BCUT2D eigenvalue weighted by Crippen LogP contribution is 2.53. The molecule has 0 saturated heterocycles. The van der Waals surface area contributed by atoms with Crippen molar-refractivity contribution in [2.24, 2.45) is 0 Å². The number of thiophene rings is 1. The highest BCUT2D eigenvalue weighted by Gasteiger charge is 2.38. The molecule has 302 valence electrons. The van der Waals surface area contributed by atoms with Crippen LogP contribution in [0.25, 0.3) is 69.9 Å². The van der Waals surface area contributed by atoms with Gasteiger partial charge in [0.2, 0.25) is 0 Å². The average Bonchev–Trinajstić information content (AvgIpc) is 3.81. The van der Waals surface area contributed by atoms with Crippen molar-refractivity contribution in [3.05, 3.63) is 149 Å². The van der Waals surface area contributed by atoms with Crippen molar-refractivity contribution in [3.8, 4) is 27.9 Å². The summed E-state index contributed by atoms with van der Waals surface area (Å²) in [6, 6.07) is 47.3. The van der Waals surface area contributed by atoms with Crippen molar-refractivity contribution >= 4 is 82.9 Å². The van der Waals surface area contributed by atoms with E-state index in [-0.39, 0.29) is 21.7 Å². The zero-order valence-corrected chi connectivity index (χ0v) is 38.4. The molecule has 2 nitrogen and oxygen atoms in total. The summed E-state index contributed by atoms with van der Waals surface area (Å²) < 4.78 is 5.30. The number of nitrogens with one attached hydrogen (secondary N) is 1. The second kappa shape index (κ2) is 12.7. The van der Waals surface area contributed by atoms with Crippen molar-refractivity contribution in [1.82, 2.24) is 4.57 Å². The summed E-state index contributed by atoms with van der Waals surface area (Å²) in [6.07, 6.45) is 0. The lowest BCUT2D eigenvalue weighted by Gasteiger charge is -2.28. The highest BCUT2D eigenvalue weighted by molar-refractivity contribution is 7.25. The quantitative estimate of drug-likeness (QED) is 0.176. The van der Waals surface area contributed by atoms with Crippen LogP contribution in [0.2, 0.25) is 0 Å². The van der Waals surface area contributed by atoms with E-state index in [4.69, 9.17) is 0 Å². The minimum atomic E-state index is -0.160. The number of benzene rings is 7. The first-order valence-electron chi connectivity index (χ1n) is 22.1. The molecule has 4 heteroatoms. The Balaban J connectivity index is 1.19. The molecule has 3 heterocycles. The number of nitrogens with zero attached hydrogens (tertiary/aromatic N) is 1. The van der Waals surface area contributed by atoms with Gasteiger partial charge in [0.15, 0.2) is 7.28 Å². The SMILES string of the molecule is CC(C)(C)c1ccc(Nc2cc3c(cc2-c2ccc4c5cc6sc7ccccc7c6cc5n5c4c2Bc2cc(C(C)(C)C)ccc2-5)C(C)(C)c2cc(C(C)(C)C)ccc2-3)cc1. The molecule has 11 rings (SSSR count). The Hall–Kier alpha value is -5.58. The molecule has 0 amide bonds. The molecule has 0 atom stereocenters. The summed E-state index contributed by atoms with van der Waals surface area (Å²) in [6.45, 7) is 25.7. The van der Waals surface area contributed by atoms with Crippen molar-refractivity contribution < 1.29 is 0 Å². The van der Waals surface area contributed by atoms with Gasteiger partial charge in [-0.1, -0.05) is 154 Å². The molecule has 7 aromatic carbocycles. The van der Waals surface area contributed by atoms with Crippen LogP contribution in [0.3, 0.4) is 0 Å². The van der Waals surface area contributed by atoms with Gasteiger partial charge in [-0.15, -0.1) is 11.3 Å². The number of fused-ring (bicyclic) bond motifs is 11. The largest absolute Gasteiger partial charge is 0.355 e. The van der Waals surface area contributed by atoms with Gasteiger partial charge in [0.25, 0.3) is 0 Å². The number of hydrogen-bond acceptors (Lipinski definition) is 2. The molecular weight excluding hydrogens is 756 g/mol. The fourth-order valence-corrected chi connectivity index (χ4v) is 11.6. The van der Waals surface area contributed by atoms with Crippen LogP contribution in [0.1, 0.15) is 104 Å². The fraction of sp³-hybridized carbons (Fsp3) is 0.263. The lowest BCUT2D eigenvalue weighted by Crippen LogP contribution is -2.38. The normalized spacial score (nSPS) is 14.4. The second-order valence-corrected chi connectivity index (χ2v) is 22.7.